The van der Waals surface area contributed by atoms with E-state index < -0.39 is 0 Å². The molecular formula is C20H24N2O2. The number of Topliss-reactive ketones (excluding diaryl/α,β-unsaturated/α-hetero) is 1. The van der Waals surface area contributed by atoms with Crippen molar-refractivity contribution in [2.24, 2.45) is 4.99 Å². The van der Waals surface area contributed by atoms with E-state index in [1.165, 1.54) is 6.92 Å². The average molecular weight is 324 g/mol. The minimum absolute atomic E-state index is 0.0760. The van der Waals surface area contributed by atoms with Crippen LogP contribution >= 0.6 is 0 Å². The van der Waals surface area contributed by atoms with Crippen LogP contribution in [-0.4, -0.2) is 25.7 Å². The Labute approximate surface area is 143 Å². The van der Waals surface area contributed by atoms with Crippen molar-refractivity contribution in [2.75, 3.05) is 19.9 Å². The molecule has 0 saturated carbocycles. The number of nitrogens with two attached hydrogens (primary N) is 1. The first-order valence-corrected chi connectivity index (χ1v) is 7.63. The summed E-state index contributed by atoms with van der Waals surface area (Å²) in [5.74, 6) is 0.649. The Morgan fingerprint density at radius 3 is 2.42 bits per heavy atom. The van der Waals surface area contributed by atoms with Gasteiger partial charge in [0.25, 0.3) is 0 Å². The predicted octanol–water partition coefficient (Wildman–Crippen LogP) is 3.87. The first-order chi connectivity index (χ1) is 11.5. The number of methoxy groups -OCH3 is 1. The number of hydrogen-bond acceptors (Lipinski definition) is 4. The molecule has 0 aromatic heterocycles. The second kappa shape index (κ2) is 10.0. The number of rotatable bonds is 7. The maximum Gasteiger partial charge on any atom is 0.161 e. The Hall–Kier alpha value is -2.88. The van der Waals surface area contributed by atoms with Gasteiger partial charge < -0.3 is 10.5 Å². The summed E-state index contributed by atoms with van der Waals surface area (Å²) in [7, 11) is 3.26. The molecule has 0 aliphatic carbocycles. The molecule has 2 N–H and O–H groups in total. The van der Waals surface area contributed by atoms with Crippen molar-refractivity contribution in [2.45, 2.75) is 13.8 Å². The van der Waals surface area contributed by atoms with E-state index in [4.69, 9.17) is 10.5 Å². The van der Waals surface area contributed by atoms with Crippen LogP contribution in [-0.2, 0) is 9.53 Å². The number of nitrogen functional groups attached to an aromatic ring is 1. The zero-order chi connectivity index (χ0) is 17.9. The average Bonchev–Trinajstić information content (AvgIpc) is 2.57. The van der Waals surface area contributed by atoms with E-state index in [1.54, 1.807) is 32.4 Å². The molecule has 0 fully saturated rings. The molecule has 0 aliphatic rings. The molecular weight excluding hydrogens is 300 g/mol. The number of aliphatic imine (C=N–C) groups is 1. The number of allylic oxidation sites excluding steroid dienone is 7. The van der Waals surface area contributed by atoms with Crippen molar-refractivity contribution in [3.63, 3.8) is 0 Å². The summed E-state index contributed by atoms with van der Waals surface area (Å²) in [6.45, 7) is 3.43. The maximum atomic E-state index is 12.0. The van der Waals surface area contributed by atoms with Gasteiger partial charge in [0.05, 0.1) is 12.8 Å². The molecule has 0 heterocycles. The summed E-state index contributed by atoms with van der Waals surface area (Å²) in [6.07, 6.45) is 10.9. The number of nitrogens with zero attached hydrogens (tertiary/aromatic N) is 1. The van der Waals surface area contributed by atoms with Crippen molar-refractivity contribution < 1.29 is 9.53 Å². The largest absolute Gasteiger partial charge is 0.497 e. The van der Waals surface area contributed by atoms with Crippen molar-refractivity contribution in [1.29, 1.82) is 0 Å². The number of anilines is 1. The van der Waals surface area contributed by atoms with Gasteiger partial charge >= 0.3 is 0 Å². The van der Waals surface area contributed by atoms with Gasteiger partial charge in [0.2, 0.25) is 0 Å². The molecule has 1 aromatic rings. The maximum absolute atomic E-state index is 12.0. The number of ketones is 1. The summed E-state index contributed by atoms with van der Waals surface area (Å²) in [4.78, 5) is 16.3. The minimum atomic E-state index is -0.0760. The molecule has 0 radical (unpaired) electrons. The molecule has 0 unspecified atom stereocenters. The summed E-state index contributed by atoms with van der Waals surface area (Å²) >= 11 is 0. The molecule has 1 aromatic carbocycles. The number of carbonyl (C=O) groups excluding carboxylic acids is 1. The van der Waals surface area contributed by atoms with E-state index in [-0.39, 0.29) is 5.78 Å². The van der Waals surface area contributed by atoms with Gasteiger partial charge in [0.15, 0.2) is 5.78 Å². The van der Waals surface area contributed by atoms with Crippen LogP contribution < -0.4 is 5.73 Å². The highest BCUT2D eigenvalue weighted by atomic mass is 16.5. The molecule has 126 valence electrons. The van der Waals surface area contributed by atoms with Gasteiger partial charge in [0, 0.05) is 23.9 Å². The van der Waals surface area contributed by atoms with Crippen LogP contribution in [0.4, 0.5) is 5.69 Å². The number of para-hydroxylation sites is 1. The molecule has 0 atom stereocenters. The van der Waals surface area contributed by atoms with Crippen molar-refractivity contribution in [3.8, 4) is 0 Å². The third kappa shape index (κ3) is 5.39. The number of hydrogen-bond donors (Lipinski definition) is 1. The molecule has 0 spiro atoms. The fraction of sp³-hybridized carbons (Fsp3) is 0.200. The highest BCUT2D eigenvalue weighted by Gasteiger charge is 2.15. The predicted molar refractivity (Wildman–Crippen MR) is 101 cm³/mol. The van der Waals surface area contributed by atoms with E-state index in [0.29, 0.717) is 17.0 Å². The second-order valence-electron chi connectivity index (χ2n) is 4.95. The zero-order valence-corrected chi connectivity index (χ0v) is 14.6. The smallest absolute Gasteiger partial charge is 0.161 e. The van der Waals surface area contributed by atoms with Gasteiger partial charge in [-0.15, -0.1) is 0 Å². The molecule has 0 aliphatic heterocycles. The van der Waals surface area contributed by atoms with Crippen LogP contribution in [0.3, 0.4) is 0 Å². The van der Waals surface area contributed by atoms with Crippen LogP contribution in [0.1, 0.15) is 19.4 Å². The van der Waals surface area contributed by atoms with E-state index in [1.807, 2.05) is 49.4 Å². The van der Waals surface area contributed by atoms with Gasteiger partial charge in [0.1, 0.15) is 5.76 Å². The normalized spacial score (nSPS) is 13.8. The Balaban J connectivity index is 3.18. The third-order valence-corrected chi connectivity index (χ3v) is 3.28. The van der Waals surface area contributed by atoms with Crippen molar-refractivity contribution >= 4 is 17.2 Å². The Morgan fingerprint density at radius 2 is 1.88 bits per heavy atom. The van der Waals surface area contributed by atoms with Gasteiger partial charge in [-0.25, -0.2) is 0 Å². The lowest BCUT2D eigenvalue weighted by atomic mass is 9.97. The molecule has 0 saturated heterocycles. The van der Waals surface area contributed by atoms with Gasteiger partial charge in [-0.05, 0) is 38.1 Å². The standard InChI is InChI=1S/C20H24N2O2/c1-5-10-16(24-4)11-6-7-12-17(15(2)23)20(22-3)18-13-8-9-14-19(18)21/h5-14H,21H2,1-4H3/b7-6+,10-5-,16-11+,17-12+,22-20?. The number of carbonyl (C=O) groups is 1. The van der Waals surface area contributed by atoms with Crippen molar-refractivity contribution in [1.82, 2.24) is 0 Å². The number of benzene rings is 1. The lowest BCUT2D eigenvalue weighted by molar-refractivity contribution is -0.113. The van der Waals surface area contributed by atoms with E-state index in [0.717, 1.165) is 11.3 Å². The van der Waals surface area contributed by atoms with E-state index >= 15 is 0 Å². The fourth-order valence-electron chi connectivity index (χ4n) is 2.12. The topological polar surface area (TPSA) is 64.7 Å². The van der Waals surface area contributed by atoms with Gasteiger partial charge in [-0.2, -0.15) is 0 Å². The van der Waals surface area contributed by atoms with Crippen LogP contribution in [0.15, 0.2) is 77.0 Å². The Morgan fingerprint density at radius 1 is 1.21 bits per heavy atom. The monoisotopic (exact) mass is 324 g/mol. The summed E-state index contributed by atoms with van der Waals surface area (Å²) < 4.78 is 5.19. The van der Waals surface area contributed by atoms with Gasteiger partial charge in [-0.1, -0.05) is 36.4 Å². The molecule has 4 heteroatoms. The summed E-state index contributed by atoms with van der Waals surface area (Å²) in [6, 6.07) is 7.36. The van der Waals surface area contributed by atoms with Crippen LogP contribution in [0.2, 0.25) is 0 Å². The fourth-order valence-corrected chi connectivity index (χ4v) is 2.12. The zero-order valence-electron chi connectivity index (χ0n) is 14.6. The molecule has 1 rings (SSSR count). The third-order valence-electron chi connectivity index (χ3n) is 3.28. The SMILES string of the molecule is C\C=C/C(=C\C=C\C=C(/C(C)=O)C(=NC)c1ccccc1N)OC. The summed E-state index contributed by atoms with van der Waals surface area (Å²) in [5, 5.41) is 0. The van der Waals surface area contributed by atoms with Crippen LogP contribution in [0.5, 0.6) is 0 Å². The lowest BCUT2D eigenvalue weighted by Crippen LogP contribution is -2.13. The number of ether oxygens (including phenoxy) is 1. The molecule has 0 amide bonds. The van der Waals surface area contributed by atoms with Crippen LogP contribution in [0.25, 0.3) is 0 Å². The lowest BCUT2D eigenvalue weighted by Gasteiger charge is -2.10. The van der Waals surface area contributed by atoms with Crippen molar-refractivity contribution in [3.05, 3.63) is 77.6 Å². The molecule has 4 nitrogen and oxygen atoms in total. The highest BCUT2D eigenvalue weighted by molar-refractivity contribution is 6.29. The Bertz CT molecular complexity index is 723. The second-order valence-corrected chi connectivity index (χ2v) is 4.95. The minimum Gasteiger partial charge on any atom is -0.497 e. The molecule has 24 heavy (non-hydrogen) atoms. The van der Waals surface area contributed by atoms with Gasteiger partial charge in [-0.3, -0.25) is 9.79 Å². The summed E-state index contributed by atoms with van der Waals surface area (Å²) in [5.41, 5.74) is 8.43. The first-order valence-electron chi connectivity index (χ1n) is 7.63. The first kappa shape index (κ1) is 19.2. The Kier molecular flexibility index (Phi) is 7.99. The quantitative estimate of drug-likeness (QED) is 0.272. The van der Waals surface area contributed by atoms with Crippen LogP contribution in [0, 0.1) is 0 Å². The highest BCUT2D eigenvalue weighted by Crippen LogP contribution is 2.17. The molecule has 0 bridgehead atoms. The van der Waals surface area contributed by atoms with E-state index in [2.05, 4.69) is 4.99 Å². The van der Waals surface area contributed by atoms with E-state index in [9.17, 15) is 4.79 Å².